The van der Waals surface area contributed by atoms with Gasteiger partial charge in [0.2, 0.25) is 0 Å². The first kappa shape index (κ1) is 32.8. The van der Waals surface area contributed by atoms with E-state index in [1.54, 1.807) is 50.2 Å². The van der Waals surface area contributed by atoms with Gasteiger partial charge in [0.15, 0.2) is 0 Å². The van der Waals surface area contributed by atoms with E-state index in [0.29, 0.717) is 33.9 Å². The van der Waals surface area contributed by atoms with Crippen LogP contribution < -0.4 is 0 Å². The molecule has 0 fully saturated rings. The van der Waals surface area contributed by atoms with Crippen LogP contribution in [0.4, 0.5) is 22.7 Å². The molecule has 0 heterocycles. The number of carboxylic acid groups (broad SMARTS) is 2. The standard InChI is InChI=1S/C28H22N4O6.2Na/c1-15-11-21(13-23(25(15)33)27(35)36)31-29-19-7-3-17(4-8-19)18-5-9-20(10-6-18)30-32-22-12-16(2)26(34)24(14-22)28(37)38;;/h3-14,33-34H,1-2H3,(H,35,36)(H,37,38);;. The largest absolute Gasteiger partial charge is 0.507 e. The molecule has 0 aliphatic heterocycles. The SMILES string of the molecule is Cc1cc(N=Nc2ccc(-c3ccc(N=Nc4cc(C)c(O)c(C(=O)O)c4)cc3)cc2)cc(C(=O)O)c1O.[Na].[Na]. The first-order valence-electron chi connectivity index (χ1n) is 11.3. The number of phenols is 2. The van der Waals surface area contributed by atoms with Gasteiger partial charge >= 0.3 is 11.9 Å². The molecule has 0 amide bonds. The Labute approximate surface area is 273 Å². The molecular formula is C28H22N4Na2O6. The third-order valence-corrected chi connectivity index (χ3v) is 5.66. The predicted octanol–water partition coefficient (Wildman–Crippen LogP) is 6.85. The molecule has 12 heteroatoms. The average Bonchev–Trinajstić information content (AvgIpc) is 2.90. The van der Waals surface area contributed by atoms with Crippen molar-refractivity contribution in [1.82, 2.24) is 0 Å². The molecule has 0 aromatic heterocycles. The van der Waals surface area contributed by atoms with Crippen molar-refractivity contribution < 1.29 is 30.0 Å². The summed E-state index contributed by atoms with van der Waals surface area (Å²) in [6, 6.07) is 20.1. The molecule has 4 rings (SSSR count). The molecular weight excluding hydrogens is 534 g/mol. The molecule has 0 saturated heterocycles. The van der Waals surface area contributed by atoms with Gasteiger partial charge in [-0.15, -0.1) is 0 Å². The second kappa shape index (κ2) is 14.3. The van der Waals surface area contributed by atoms with Crippen LogP contribution in [0.3, 0.4) is 0 Å². The quantitative estimate of drug-likeness (QED) is 0.144. The summed E-state index contributed by atoms with van der Waals surface area (Å²) in [6.07, 6.45) is 0. The fourth-order valence-electron chi connectivity index (χ4n) is 3.63. The summed E-state index contributed by atoms with van der Waals surface area (Å²) in [7, 11) is 0. The maximum Gasteiger partial charge on any atom is 0.339 e. The number of aryl methyl sites for hydroxylation is 2. The second-order valence-electron chi connectivity index (χ2n) is 8.42. The van der Waals surface area contributed by atoms with Gasteiger partial charge in [0.05, 0.1) is 22.7 Å². The summed E-state index contributed by atoms with van der Waals surface area (Å²) >= 11 is 0. The molecule has 0 saturated carbocycles. The average molecular weight is 556 g/mol. The molecule has 4 aromatic rings. The van der Waals surface area contributed by atoms with Gasteiger partial charge < -0.3 is 20.4 Å². The van der Waals surface area contributed by atoms with Crippen LogP contribution in [0.5, 0.6) is 11.5 Å². The van der Waals surface area contributed by atoms with Crippen molar-refractivity contribution in [2.45, 2.75) is 13.8 Å². The van der Waals surface area contributed by atoms with Gasteiger partial charge in [-0.3, -0.25) is 0 Å². The zero-order valence-corrected chi connectivity index (χ0v) is 26.3. The second-order valence-corrected chi connectivity index (χ2v) is 8.42. The molecule has 4 aromatic carbocycles. The Hall–Kier alpha value is -3.38. The number of azo groups is 2. The Morgan fingerprint density at radius 1 is 0.525 bits per heavy atom. The molecule has 0 aliphatic rings. The number of benzene rings is 4. The summed E-state index contributed by atoms with van der Waals surface area (Å²) in [5.74, 6) is -3.09. The zero-order chi connectivity index (χ0) is 27.4. The van der Waals surface area contributed by atoms with Gasteiger partial charge in [-0.25, -0.2) is 9.59 Å². The van der Waals surface area contributed by atoms with Crippen molar-refractivity contribution in [2.75, 3.05) is 0 Å². The molecule has 0 aliphatic carbocycles. The van der Waals surface area contributed by atoms with E-state index < -0.39 is 11.9 Å². The number of carboxylic acids is 2. The number of aromatic hydroxyl groups is 2. The number of carbonyl (C=O) groups is 2. The van der Waals surface area contributed by atoms with Gasteiger partial charge in [-0.1, -0.05) is 24.3 Å². The van der Waals surface area contributed by atoms with E-state index in [9.17, 15) is 30.0 Å². The van der Waals surface area contributed by atoms with Crippen molar-refractivity contribution >= 4 is 93.8 Å². The van der Waals surface area contributed by atoms with E-state index in [1.165, 1.54) is 12.1 Å². The van der Waals surface area contributed by atoms with E-state index in [2.05, 4.69) is 20.5 Å². The Morgan fingerprint density at radius 3 is 1.12 bits per heavy atom. The Morgan fingerprint density at radius 2 is 0.825 bits per heavy atom. The van der Waals surface area contributed by atoms with E-state index >= 15 is 0 Å². The number of hydrogen-bond donors (Lipinski definition) is 4. The van der Waals surface area contributed by atoms with Crippen LogP contribution in [0.1, 0.15) is 31.8 Å². The van der Waals surface area contributed by atoms with Crippen molar-refractivity contribution in [3.8, 4) is 22.6 Å². The van der Waals surface area contributed by atoms with E-state index in [0.717, 1.165) is 11.1 Å². The minimum absolute atomic E-state index is 0. The first-order chi connectivity index (χ1) is 18.1. The van der Waals surface area contributed by atoms with Gasteiger partial charge in [0.1, 0.15) is 22.6 Å². The van der Waals surface area contributed by atoms with Crippen LogP contribution in [0, 0.1) is 13.8 Å². The minimum atomic E-state index is -1.25. The zero-order valence-electron chi connectivity index (χ0n) is 22.3. The normalized spacial score (nSPS) is 10.8. The van der Waals surface area contributed by atoms with Crippen LogP contribution in [-0.4, -0.2) is 91.5 Å². The van der Waals surface area contributed by atoms with Gasteiger partial charge in [-0.2, -0.15) is 20.5 Å². The van der Waals surface area contributed by atoms with Crippen molar-refractivity contribution in [3.05, 3.63) is 95.1 Å². The van der Waals surface area contributed by atoms with Crippen LogP contribution in [0.25, 0.3) is 11.1 Å². The first-order valence-corrected chi connectivity index (χ1v) is 11.3. The van der Waals surface area contributed by atoms with Gasteiger partial charge in [0, 0.05) is 59.1 Å². The number of rotatable bonds is 7. The maximum atomic E-state index is 11.3. The molecule has 40 heavy (non-hydrogen) atoms. The summed E-state index contributed by atoms with van der Waals surface area (Å²) < 4.78 is 0. The molecule has 0 bridgehead atoms. The summed E-state index contributed by atoms with van der Waals surface area (Å²) in [6.45, 7) is 3.18. The van der Waals surface area contributed by atoms with Crippen LogP contribution in [0.2, 0.25) is 0 Å². The summed E-state index contributed by atoms with van der Waals surface area (Å²) in [5.41, 5.74) is 3.89. The van der Waals surface area contributed by atoms with Crippen molar-refractivity contribution in [1.29, 1.82) is 0 Å². The Bertz CT molecular complexity index is 1480. The monoisotopic (exact) mass is 556 g/mol. The Balaban J connectivity index is 0.00000280. The topological polar surface area (TPSA) is 164 Å². The molecule has 4 N–H and O–H groups in total. The van der Waals surface area contributed by atoms with Crippen LogP contribution in [0.15, 0.2) is 93.3 Å². The number of nitrogens with zero attached hydrogens (tertiary/aromatic N) is 4. The Kier molecular flexibility index (Phi) is 11.7. The molecule has 192 valence electrons. The third-order valence-electron chi connectivity index (χ3n) is 5.66. The third kappa shape index (κ3) is 7.85. The maximum absolute atomic E-state index is 11.3. The summed E-state index contributed by atoms with van der Waals surface area (Å²) in [5, 5.41) is 54.6. The summed E-state index contributed by atoms with van der Waals surface area (Å²) in [4.78, 5) is 22.6. The van der Waals surface area contributed by atoms with Gasteiger partial charge in [-0.05, 0) is 84.6 Å². The smallest absolute Gasteiger partial charge is 0.339 e. The van der Waals surface area contributed by atoms with E-state index in [4.69, 9.17) is 0 Å². The van der Waals surface area contributed by atoms with Crippen molar-refractivity contribution in [2.24, 2.45) is 20.5 Å². The van der Waals surface area contributed by atoms with Crippen LogP contribution >= 0.6 is 0 Å². The van der Waals surface area contributed by atoms with Crippen molar-refractivity contribution in [3.63, 3.8) is 0 Å². The van der Waals surface area contributed by atoms with E-state index in [-0.39, 0.29) is 81.7 Å². The van der Waals surface area contributed by atoms with Gasteiger partial charge in [0.25, 0.3) is 0 Å². The van der Waals surface area contributed by atoms with E-state index in [1.807, 2.05) is 24.3 Å². The fraction of sp³-hybridized carbons (Fsp3) is 0.0714. The predicted molar refractivity (Wildman–Crippen MR) is 151 cm³/mol. The minimum Gasteiger partial charge on any atom is -0.507 e. The molecule has 0 unspecified atom stereocenters. The molecule has 0 atom stereocenters. The number of aromatic carboxylic acids is 2. The number of hydrogen-bond acceptors (Lipinski definition) is 8. The molecule has 0 spiro atoms. The fourth-order valence-corrected chi connectivity index (χ4v) is 3.63. The molecule has 10 nitrogen and oxygen atoms in total. The van der Waals surface area contributed by atoms with Crippen LogP contribution in [-0.2, 0) is 0 Å². The molecule has 2 radical (unpaired) electrons.